The van der Waals surface area contributed by atoms with Crippen molar-refractivity contribution in [2.24, 2.45) is 0 Å². The number of hydrogen-bond donors (Lipinski definition) is 5. The summed E-state index contributed by atoms with van der Waals surface area (Å²) in [5, 5.41) is 42.8. The van der Waals surface area contributed by atoms with E-state index in [9.17, 15) is 14.7 Å². The zero-order valence-corrected chi connectivity index (χ0v) is 23.3. The zero-order valence-electron chi connectivity index (χ0n) is 23.3. The number of aryl methyl sites for hydroxylation is 1. The van der Waals surface area contributed by atoms with Crippen LogP contribution in [0.25, 0.3) is 0 Å². The minimum Gasteiger partial charge on any atom is -0.506 e. The molecular formula is C29H39N3O8. The van der Waals surface area contributed by atoms with Crippen LogP contribution in [-0.4, -0.2) is 79.6 Å². The molecule has 0 saturated heterocycles. The summed E-state index contributed by atoms with van der Waals surface area (Å²) >= 11 is 0. The van der Waals surface area contributed by atoms with Crippen LogP contribution in [0.4, 0.5) is 0 Å². The van der Waals surface area contributed by atoms with Gasteiger partial charge in [-0.25, -0.2) is 0 Å². The fourth-order valence-electron chi connectivity index (χ4n) is 3.35. The van der Waals surface area contributed by atoms with Crippen molar-refractivity contribution in [3.05, 3.63) is 89.0 Å². The highest BCUT2D eigenvalue weighted by Gasteiger charge is 2.31. The average Bonchev–Trinajstić information content (AvgIpc) is 2.94. The summed E-state index contributed by atoms with van der Waals surface area (Å²) in [5.41, 5.74) is 2.81. The first-order chi connectivity index (χ1) is 19.0. The second-order valence-corrected chi connectivity index (χ2v) is 9.07. The normalized spacial score (nSPS) is 11.9. The van der Waals surface area contributed by atoms with Crippen LogP contribution in [0.1, 0.15) is 47.8 Å². The number of likely N-dealkylation sites (N-methyl/N-ethyl adjacent to an activating group) is 1. The van der Waals surface area contributed by atoms with E-state index in [2.05, 4.69) is 33.9 Å². The number of aliphatic hydroxyl groups is 2. The molecule has 2 heterocycles. The van der Waals surface area contributed by atoms with Gasteiger partial charge in [-0.15, -0.1) is 0 Å². The number of benzene rings is 1. The van der Waals surface area contributed by atoms with Crippen molar-refractivity contribution >= 4 is 11.9 Å². The molecule has 0 spiro atoms. The van der Waals surface area contributed by atoms with Crippen LogP contribution < -0.4 is 0 Å². The third kappa shape index (κ3) is 11.5. The van der Waals surface area contributed by atoms with E-state index >= 15 is 0 Å². The first kappa shape index (κ1) is 34.1. The van der Waals surface area contributed by atoms with Crippen LogP contribution in [0.15, 0.2) is 60.9 Å². The number of aromatic hydroxyl groups is 1. The Kier molecular flexibility index (Phi) is 15.1. The van der Waals surface area contributed by atoms with Gasteiger partial charge in [0.25, 0.3) is 0 Å². The monoisotopic (exact) mass is 557 g/mol. The molecular weight excluding hydrogens is 518 g/mol. The summed E-state index contributed by atoms with van der Waals surface area (Å²) < 4.78 is 6.21. The SMILES string of the molecule is CN(C)CCOC(C)(c1ccccc1)c1ccccn1.Cc1ncc(CO)c(CO)c1O.O=C(O)CCC(=O)O. The lowest BCUT2D eigenvalue weighted by Gasteiger charge is -2.30. The van der Waals surface area contributed by atoms with Crippen LogP contribution in [-0.2, 0) is 33.1 Å². The number of ether oxygens (including phenoxy) is 1. The predicted octanol–water partition coefficient (Wildman–Crippen LogP) is 2.94. The molecule has 2 aromatic heterocycles. The molecule has 0 fully saturated rings. The van der Waals surface area contributed by atoms with E-state index in [0.29, 0.717) is 23.4 Å². The van der Waals surface area contributed by atoms with Crippen molar-refractivity contribution in [1.82, 2.24) is 14.9 Å². The molecule has 1 aromatic carbocycles. The summed E-state index contributed by atoms with van der Waals surface area (Å²) in [6, 6.07) is 16.2. The van der Waals surface area contributed by atoms with E-state index in [1.54, 1.807) is 6.92 Å². The van der Waals surface area contributed by atoms with E-state index in [-0.39, 0.29) is 31.8 Å². The van der Waals surface area contributed by atoms with E-state index in [0.717, 1.165) is 17.8 Å². The van der Waals surface area contributed by atoms with Gasteiger partial charge in [0, 0.05) is 30.1 Å². The van der Waals surface area contributed by atoms with Gasteiger partial charge in [0.2, 0.25) is 0 Å². The number of carboxylic acid groups (broad SMARTS) is 2. The number of carbonyl (C=O) groups is 2. The fraction of sp³-hybridized carbons (Fsp3) is 0.379. The quantitative estimate of drug-likeness (QED) is 0.234. The van der Waals surface area contributed by atoms with Crippen molar-refractivity contribution in [3.8, 4) is 5.75 Å². The summed E-state index contributed by atoms with van der Waals surface area (Å²) in [7, 11) is 4.09. The summed E-state index contributed by atoms with van der Waals surface area (Å²) in [6.45, 7) is 4.75. The summed E-state index contributed by atoms with van der Waals surface area (Å²) in [6.07, 6.45) is 2.66. The van der Waals surface area contributed by atoms with Crippen molar-refractivity contribution in [3.63, 3.8) is 0 Å². The third-order valence-electron chi connectivity index (χ3n) is 5.72. The van der Waals surface area contributed by atoms with Gasteiger partial charge in [0.1, 0.15) is 11.4 Å². The Morgan fingerprint density at radius 1 is 0.925 bits per heavy atom. The maximum Gasteiger partial charge on any atom is 0.303 e. The number of aromatic nitrogens is 2. The molecule has 0 aliphatic heterocycles. The standard InChI is InChI=1S/C17H22N2O.C8H11NO3.C4H6O4/c1-17(20-14-13-19(2)3,15-9-5-4-6-10-15)16-11-7-8-12-18-16;1-5-8(12)7(4-11)6(3-10)2-9-5;5-3(6)1-2-4(7)8/h4-12H,13-14H2,1-3H3;2,10-12H,3-4H2,1H3;1-2H2,(H,5,6)(H,7,8). The van der Waals surface area contributed by atoms with Gasteiger partial charge in [0.05, 0.1) is 44.1 Å². The Morgan fingerprint density at radius 2 is 1.52 bits per heavy atom. The minimum atomic E-state index is -1.08. The highest BCUT2D eigenvalue weighted by Crippen LogP contribution is 2.31. The minimum absolute atomic E-state index is 0.0379. The molecule has 11 nitrogen and oxygen atoms in total. The van der Waals surface area contributed by atoms with Crippen molar-refractivity contribution in [1.29, 1.82) is 0 Å². The first-order valence-electron chi connectivity index (χ1n) is 12.5. The number of nitrogens with zero attached hydrogens (tertiary/aromatic N) is 3. The van der Waals surface area contributed by atoms with Crippen LogP contribution in [0.3, 0.4) is 0 Å². The van der Waals surface area contributed by atoms with Gasteiger partial charge in [-0.3, -0.25) is 19.6 Å². The Morgan fingerprint density at radius 3 is 2.00 bits per heavy atom. The second kappa shape index (κ2) is 17.6. The molecule has 5 N–H and O–H groups in total. The predicted molar refractivity (Wildman–Crippen MR) is 149 cm³/mol. The van der Waals surface area contributed by atoms with Crippen LogP contribution in [0.5, 0.6) is 5.75 Å². The highest BCUT2D eigenvalue weighted by atomic mass is 16.5. The van der Waals surface area contributed by atoms with E-state index in [1.807, 2.05) is 56.7 Å². The molecule has 3 aromatic rings. The van der Waals surface area contributed by atoms with Gasteiger partial charge in [0.15, 0.2) is 0 Å². The molecule has 0 saturated carbocycles. The van der Waals surface area contributed by atoms with Gasteiger partial charge < -0.3 is 35.2 Å². The van der Waals surface area contributed by atoms with Crippen LogP contribution >= 0.6 is 0 Å². The molecule has 0 radical (unpaired) electrons. The van der Waals surface area contributed by atoms with Crippen molar-refractivity contribution in [2.75, 3.05) is 27.2 Å². The molecule has 1 atom stereocenters. The number of carboxylic acids is 2. The molecule has 1 unspecified atom stereocenters. The highest BCUT2D eigenvalue weighted by molar-refractivity contribution is 5.75. The molecule has 0 aliphatic rings. The number of hydrogen-bond acceptors (Lipinski definition) is 9. The van der Waals surface area contributed by atoms with Crippen LogP contribution in [0.2, 0.25) is 0 Å². The second-order valence-electron chi connectivity index (χ2n) is 9.07. The average molecular weight is 558 g/mol. The van der Waals surface area contributed by atoms with Gasteiger partial charge in [-0.1, -0.05) is 36.4 Å². The lowest BCUT2D eigenvalue weighted by Crippen LogP contribution is -2.32. The molecule has 0 amide bonds. The summed E-state index contributed by atoms with van der Waals surface area (Å²) in [5.74, 6) is -2.19. The molecule has 40 heavy (non-hydrogen) atoms. The van der Waals surface area contributed by atoms with Gasteiger partial charge in [-0.05, 0) is 45.6 Å². The van der Waals surface area contributed by atoms with Gasteiger partial charge >= 0.3 is 11.9 Å². The van der Waals surface area contributed by atoms with Crippen molar-refractivity contribution in [2.45, 2.75) is 45.5 Å². The Labute approximate surface area is 234 Å². The molecule has 3 rings (SSSR count). The molecule has 11 heteroatoms. The lowest BCUT2D eigenvalue weighted by atomic mass is 9.91. The Balaban J connectivity index is 0.000000339. The number of rotatable bonds is 11. The fourth-order valence-corrected chi connectivity index (χ4v) is 3.35. The topological polar surface area (TPSA) is 174 Å². The zero-order chi connectivity index (χ0) is 30.1. The smallest absolute Gasteiger partial charge is 0.303 e. The molecule has 0 bridgehead atoms. The van der Waals surface area contributed by atoms with Gasteiger partial charge in [-0.2, -0.15) is 0 Å². The van der Waals surface area contributed by atoms with E-state index in [1.165, 1.54) is 6.20 Å². The Hall–Kier alpha value is -3.90. The van der Waals surface area contributed by atoms with Crippen molar-refractivity contribution < 1.29 is 39.9 Å². The third-order valence-corrected chi connectivity index (χ3v) is 5.72. The number of pyridine rings is 2. The molecule has 218 valence electrons. The largest absolute Gasteiger partial charge is 0.506 e. The maximum absolute atomic E-state index is 9.64. The summed E-state index contributed by atoms with van der Waals surface area (Å²) in [4.78, 5) is 29.7. The van der Waals surface area contributed by atoms with Crippen LogP contribution in [0, 0.1) is 6.92 Å². The van der Waals surface area contributed by atoms with E-state index < -0.39 is 17.5 Å². The number of aliphatic carboxylic acids is 2. The Bertz CT molecular complexity index is 1120. The number of aliphatic hydroxyl groups excluding tert-OH is 2. The van der Waals surface area contributed by atoms with E-state index in [4.69, 9.17) is 25.2 Å². The maximum atomic E-state index is 9.64. The molecule has 0 aliphatic carbocycles. The first-order valence-corrected chi connectivity index (χ1v) is 12.5. The lowest BCUT2D eigenvalue weighted by molar-refractivity contribution is -0.143.